The molecule has 0 aliphatic heterocycles. The Bertz CT molecular complexity index is 563. The number of likely N-dealkylation sites (N-methyl/N-ethyl adjacent to an activating group) is 1. The highest BCUT2D eigenvalue weighted by Gasteiger charge is 2.26. The van der Waals surface area contributed by atoms with Gasteiger partial charge >= 0.3 is 5.97 Å². The molecule has 9 heteroatoms. The highest BCUT2D eigenvalue weighted by molar-refractivity contribution is 7.89. The van der Waals surface area contributed by atoms with Crippen molar-refractivity contribution in [3.8, 4) is 0 Å². The molecule has 100 valence electrons. The number of nitrogens with zero attached hydrogens (tertiary/aromatic N) is 1. The van der Waals surface area contributed by atoms with Crippen molar-refractivity contribution in [2.24, 2.45) is 5.73 Å². The summed E-state index contributed by atoms with van der Waals surface area (Å²) in [7, 11) is -3.88. The normalized spacial score (nSPS) is 11.7. The van der Waals surface area contributed by atoms with E-state index in [0.717, 1.165) is 21.7 Å². The number of carboxylic acids is 1. The van der Waals surface area contributed by atoms with E-state index in [9.17, 15) is 18.0 Å². The Morgan fingerprint density at radius 2 is 2.11 bits per heavy atom. The van der Waals surface area contributed by atoms with Crippen LogP contribution < -0.4 is 5.73 Å². The highest BCUT2D eigenvalue weighted by Crippen LogP contribution is 2.22. The van der Waals surface area contributed by atoms with E-state index in [-0.39, 0.29) is 16.3 Å². The van der Waals surface area contributed by atoms with E-state index in [2.05, 4.69) is 0 Å². The maximum Gasteiger partial charge on any atom is 0.345 e. The fourth-order valence-electron chi connectivity index (χ4n) is 1.26. The SMILES string of the molecule is CCN(CC(N)=O)S(=O)(=O)c1csc(C(=O)O)c1. The number of rotatable bonds is 6. The van der Waals surface area contributed by atoms with Gasteiger partial charge in [-0.3, -0.25) is 4.79 Å². The lowest BCUT2D eigenvalue weighted by molar-refractivity contribution is -0.118. The van der Waals surface area contributed by atoms with Gasteiger partial charge in [0.25, 0.3) is 0 Å². The minimum atomic E-state index is -3.88. The van der Waals surface area contributed by atoms with Crippen LogP contribution in [-0.2, 0) is 14.8 Å². The van der Waals surface area contributed by atoms with Crippen LogP contribution in [0.2, 0.25) is 0 Å². The van der Waals surface area contributed by atoms with Gasteiger partial charge in [-0.05, 0) is 6.07 Å². The molecular formula is C9H12N2O5S2. The predicted octanol–water partition coefficient (Wildman–Crippen LogP) is -0.0578. The van der Waals surface area contributed by atoms with Crippen molar-refractivity contribution in [1.82, 2.24) is 4.31 Å². The van der Waals surface area contributed by atoms with Crippen LogP contribution in [0.25, 0.3) is 0 Å². The molecule has 0 aliphatic carbocycles. The van der Waals surface area contributed by atoms with Crippen LogP contribution in [0.15, 0.2) is 16.3 Å². The van der Waals surface area contributed by atoms with E-state index in [4.69, 9.17) is 10.8 Å². The second kappa shape index (κ2) is 5.46. The van der Waals surface area contributed by atoms with E-state index in [1.807, 2.05) is 0 Å². The molecule has 0 radical (unpaired) electrons. The first-order valence-corrected chi connectivity index (χ1v) is 7.21. The van der Waals surface area contributed by atoms with Gasteiger partial charge in [-0.25, -0.2) is 13.2 Å². The molecule has 1 aromatic rings. The minimum absolute atomic E-state index is 0.0729. The molecule has 0 spiro atoms. The van der Waals surface area contributed by atoms with Gasteiger partial charge in [0.05, 0.1) is 11.4 Å². The lowest BCUT2D eigenvalue weighted by Gasteiger charge is -2.17. The van der Waals surface area contributed by atoms with Gasteiger partial charge < -0.3 is 10.8 Å². The number of carboxylic acid groups (broad SMARTS) is 1. The molecule has 0 fully saturated rings. The van der Waals surface area contributed by atoms with Crippen LogP contribution in [0, 0.1) is 0 Å². The number of sulfonamides is 1. The number of aromatic carboxylic acids is 1. The third-order valence-corrected chi connectivity index (χ3v) is 5.07. The van der Waals surface area contributed by atoms with Crippen molar-refractivity contribution in [3.05, 3.63) is 16.3 Å². The van der Waals surface area contributed by atoms with Crippen molar-refractivity contribution in [2.45, 2.75) is 11.8 Å². The van der Waals surface area contributed by atoms with Crippen molar-refractivity contribution >= 4 is 33.2 Å². The number of thiophene rings is 1. The molecule has 0 atom stereocenters. The highest BCUT2D eigenvalue weighted by atomic mass is 32.2. The number of amides is 1. The number of primary amides is 1. The number of carbonyl (C=O) groups excluding carboxylic acids is 1. The molecule has 3 N–H and O–H groups in total. The molecule has 0 aromatic carbocycles. The second-order valence-electron chi connectivity index (χ2n) is 3.35. The largest absolute Gasteiger partial charge is 0.477 e. The summed E-state index contributed by atoms with van der Waals surface area (Å²) in [4.78, 5) is 21.2. The molecule has 18 heavy (non-hydrogen) atoms. The second-order valence-corrected chi connectivity index (χ2v) is 6.20. The fraction of sp³-hybridized carbons (Fsp3) is 0.333. The summed E-state index contributed by atoms with van der Waals surface area (Å²) in [6.07, 6.45) is 0. The monoisotopic (exact) mass is 292 g/mol. The van der Waals surface area contributed by atoms with Crippen molar-refractivity contribution in [3.63, 3.8) is 0 Å². The summed E-state index contributed by atoms with van der Waals surface area (Å²) >= 11 is 0.810. The number of hydrogen-bond acceptors (Lipinski definition) is 5. The van der Waals surface area contributed by atoms with E-state index < -0.39 is 28.4 Å². The van der Waals surface area contributed by atoms with Gasteiger partial charge in [0.15, 0.2) is 0 Å². The summed E-state index contributed by atoms with van der Waals surface area (Å²) in [6, 6.07) is 1.06. The molecular weight excluding hydrogens is 280 g/mol. The molecule has 1 amide bonds. The quantitative estimate of drug-likeness (QED) is 0.761. The van der Waals surface area contributed by atoms with Gasteiger partial charge in [-0.2, -0.15) is 4.31 Å². The summed E-state index contributed by atoms with van der Waals surface area (Å²) in [5.41, 5.74) is 4.96. The summed E-state index contributed by atoms with van der Waals surface area (Å²) in [6.45, 7) is 1.20. The Balaban J connectivity index is 3.10. The van der Waals surface area contributed by atoms with E-state index in [0.29, 0.717) is 0 Å². The smallest absolute Gasteiger partial charge is 0.345 e. The number of carbonyl (C=O) groups is 2. The van der Waals surface area contributed by atoms with Crippen molar-refractivity contribution in [2.75, 3.05) is 13.1 Å². The summed E-state index contributed by atoms with van der Waals surface area (Å²) in [5.74, 6) is -1.96. The molecule has 0 aliphatic rings. The zero-order valence-electron chi connectivity index (χ0n) is 9.49. The summed E-state index contributed by atoms with van der Waals surface area (Å²) < 4.78 is 25.0. The zero-order chi connectivity index (χ0) is 13.9. The molecule has 1 rings (SSSR count). The standard InChI is InChI=1S/C9H12N2O5S2/c1-2-11(4-8(10)12)18(15,16)6-3-7(9(13)14)17-5-6/h3,5H,2,4H2,1H3,(H2,10,12)(H,13,14). The Labute approximate surface area is 108 Å². The van der Waals surface area contributed by atoms with Gasteiger partial charge in [-0.15, -0.1) is 11.3 Å². The van der Waals surface area contributed by atoms with E-state index >= 15 is 0 Å². The first-order valence-electron chi connectivity index (χ1n) is 4.89. The third-order valence-electron chi connectivity index (χ3n) is 2.11. The lowest BCUT2D eigenvalue weighted by Crippen LogP contribution is -2.38. The maximum atomic E-state index is 12.1. The lowest BCUT2D eigenvalue weighted by atomic mass is 10.5. The van der Waals surface area contributed by atoms with Gasteiger partial charge in [0.2, 0.25) is 15.9 Å². The van der Waals surface area contributed by atoms with Crippen LogP contribution in [-0.4, -0.2) is 42.8 Å². The Kier molecular flexibility index (Phi) is 4.43. The van der Waals surface area contributed by atoms with Crippen LogP contribution in [0.4, 0.5) is 0 Å². The summed E-state index contributed by atoms with van der Waals surface area (Å²) in [5, 5.41) is 9.96. The van der Waals surface area contributed by atoms with E-state index in [1.165, 1.54) is 5.38 Å². The molecule has 1 heterocycles. The molecule has 0 unspecified atom stereocenters. The van der Waals surface area contributed by atoms with Crippen molar-refractivity contribution < 1.29 is 23.1 Å². The van der Waals surface area contributed by atoms with Crippen LogP contribution >= 0.6 is 11.3 Å². The number of hydrogen-bond donors (Lipinski definition) is 2. The number of nitrogens with two attached hydrogens (primary N) is 1. The van der Waals surface area contributed by atoms with Crippen molar-refractivity contribution in [1.29, 1.82) is 0 Å². The first kappa shape index (κ1) is 14.6. The Hall–Kier alpha value is -1.45. The Morgan fingerprint density at radius 3 is 2.50 bits per heavy atom. The average Bonchev–Trinajstić information content (AvgIpc) is 2.75. The Morgan fingerprint density at radius 1 is 1.50 bits per heavy atom. The van der Waals surface area contributed by atoms with E-state index in [1.54, 1.807) is 6.92 Å². The van der Waals surface area contributed by atoms with Gasteiger partial charge in [0.1, 0.15) is 4.88 Å². The molecule has 0 saturated heterocycles. The molecule has 0 saturated carbocycles. The minimum Gasteiger partial charge on any atom is -0.477 e. The molecule has 1 aromatic heterocycles. The first-order chi connectivity index (χ1) is 8.28. The molecule has 0 bridgehead atoms. The average molecular weight is 292 g/mol. The van der Waals surface area contributed by atoms with Gasteiger partial charge in [0, 0.05) is 11.9 Å². The topological polar surface area (TPSA) is 118 Å². The van der Waals surface area contributed by atoms with Crippen LogP contribution in [0.1, 0.15) is 16.6 Å². The van der Waals surface area contributed by atoms with Crippen LogP contribution in [0.3, 0.4) is 0 Å². The predicted molar refractivity (Wildman–Crippen MR) is 64.9 cm³/mol. The maximum absolute atomic E-state index is 12.1. The fourth-order valence-corrected chi connectivity index (χ4v) is 3.77. The zero-order valence-corrected chi connectivity index (χ0v) is 11.1. The third kappa shape index (κ3) is 3.06. The molecule has 7 nitrogen and oxygen atoms in total. The van der Waals surface area contributed by atoms with Gasteiger partial charge in [-0.1, -0.05) is 6.92 Å². The van der Waals surface area contributed by atoms with Crippen LogP contribution in [0.5, 0.6) is 0 Å².